The highest BCUT2D eigenvalue weighted by atomic mass is 16.4. The van der Waals surface area contributed by atoms with Crippen LogP contribution >= 0.6 is 0 Å². The first-order valence-corrected chi connectivity index (χ1v) is 6.50. The molecule has 0 aliphatic carbocycles. The number of amides is 2. The lowest BCUT2D eigenvalue weighted by atomic mass is 9.84. The van der Waals surface area contributed by atoms with Gasteiger partial charge in [-0.05, 0) is 24.8 Å². The summed E-state index contributed by atoms with van der Waals surface area (Å²) in [5.74, 6) is -1.32. The van der Waals surface area contributed by atoms with Crippen molar-refractivity contribution in [3.63, 3.8) is 0 Å². The van der Waals surface area contributed by atoms with Crippen LogP contribution in [0.4, 0.5) is 0 Å². The van der Waals surface area contributed by atoms with Gasteiger partial charge in [0.1, 0.15) is 5.70 Å². The van der Waals surface area contributed by atoms with E-state index in [1.165, 1.54) is 11.8 Å². The van der Waals surface area contributed by atoms with Gasteiger partial charge in [-0.25, -0.2) is 4.79 Å². The molecular formula is C13H18N2O4. The number of carbonyl (C=O) groups is 3. The molecule has 0 bridgehead atoms. The Morgan fingerprint density at radius 1 is 1.47 bits per heavy atom. The van der Waals surface area contributed by atoms with Crippen LogP contribution in [0.15, 0.2) is 11.3 Å². The highest BCUT2D eigenvalue weighted by Crippen LogP contribution is 2.44. The monoisotopic (exact) mass is 266 g/mol. The highest BCUT2D eigenvalue weighted by molar-refractivity contribution is 5.99. The van der Waals surface area contributed by atoms with Crippen LogP contribution < -0.4 is 5.32 Å². The Morgan fingerprint density at radius 2 is 2.16 bits per heavy atom. The zero-order chi connectivity index (χ0) is 14.2. The maximum atomic E-state index is 11.9. The maximum absolute atomic E-state index is 11.9. The Hall–Kier alpha value is -1.85. The number of β-lactam (4-membered cyclic amide) rings is 1. The summed E-state index contributed by atoms with van der Waals surface area (Å²) in [7, 11) is 0. The summed E-state index contributed by atoms with van der Waals surface area (Å²) in [5.41, 5.74) is 0.889. The van der Waals surface area contributed by atoms with Gasteiger partial charge in [0.15, 0.2) is 0 Å². The van der Waals surface area contributed by atoms with Crippen LogP contribution in [-0.2, 0) is 14.4 Å². The lowest BCUT2D eigenvalue weighted by molar-refractivity contribution is -0.155. The number of fused-ring (bicyclic) bond motifs is 1. The zero-order valence-electron chi connectivity index (χ0n) is 11.1. The third-order valence-corrected chi connectivity index (χ3v) is 3.83. The van der Waals surface area contributed by atoms with E-state index in [1.807, 2.05) is 6.92 Å². The maximum Gasteiger partial charge on any atom is 0.352 e. The molecule has 0 aromatic carbocycles. The molecule has 2 aliphatic heterocycles. The lowest BCUT2D eigenvalue weighted by Gasteiger charge is -2.43. The Kier molecular flexibility index (Phi) is 3.59. The predicted molar refractivity (Wildman–Crippen MR) is 67.0 cm³/mol. The fourth-order valence-corrected chi connectivity index (χ4v) is 2.94. The quantitative estimate of drug-likeness (QED) is 0.709. The zero-order valence-corrected chi connectivity index (χ0v) is 11.1. The summed E-state index contributed by atoms with van der Waals surface area (Å²) in [6.07, 6.45) is 1.84. The number of aliphatic carboxylic acids is 1. The van der Waals surface area contributed by atoms with Crippen LogP contribution in [0.1, 0.15) is 33.1 Å². The highest BCUT2D eigenvalue weighted by Gasteiger charge is 2.53. The van der Waals surface area contributed by atoms with E-state index in [1.54, 1.807) is 0 Å². The molecule has 0 aromatic rings. The molecule has 2 amide bonds. The van der Waals surface area contributed by atoms with E-state index in [0.29, 0.717) is 19.4 Å². The topological polar surface area (TPSA) is 86.7 Å². The Bertz CT molecular complexity index is 469. The number of rotatable bonds is 5. The van der Waals surface area contributed by atoms with Gasteiger partial charge in [0.2, 0.25) is 11.8 Å². The van der Waals surface area contributed by atoms with E-state index in [0.717, 1.165) is 12.0 Å². The summed E-state index contributed by atoms with van der Waals surface area (Å²) in [6, 6.07) is 0.0101. The van der Waals surface area contributed by atoms with Gasteiger partial charge in [-0.1, -0.05) is 6.92 Å². The van der Waals surface area contributed by atoms with Gasteiger partial charge in [-0.3, -0.25) is 9.59 Å². The fraction of sp³-hybridized carbons (Fsp3) is 0.615. The van der Waals surface area contributed by atoms with Gasteiger partial charge >= 0.3 is 5.97 Å². The molecule has 2 aliphatic rings. The largest absolute Gasteiger partial charge is 0.477 e. The summed E-state index contributed by atoms with van der Waals surface area (Å²) in [6.45, 7) is 3.77. The van der Waals surface area contributed by atoms with Crippen molar-refractivity contribution in [3.05, 3.63) is 11.3 Å². The van der Waals surface area contributed by atoms with E-state index >= 15 is 0 Å². The third-order valence-electron chi connectivity index (χ3n) is 3.83. The van der Waals surface area contributed by atoms with Gasteiger partial charge in [-0.15, -0.1) is 0 Å². The minimum atomic E-state index is -1.05. The van der Waals surface area contributed by atoms with E-state index < -0.39 is 5.97 Å². The second kappa shape index (κ2) is 5.03. The van der Waals surface area contributed by atoms with Crippen molar-refractivity contribution in [3.8, 4) is 0 Å². The number of carboxylic acid groups (broad SMARTS) is 1. The first kappa shape index (κ1) is 13.6. The molecule has 1 fully saturated rings. The third kappa shape index (κ3) is 2.22. The Labute approximate surface area is 111 Å². The van der Waals surface area contributed by atoms with Crippen LogP contribution in [0.2, 0.25) is 0 Å². The summed E-state index contributed by atoms with van der Waals surface area (Å²) < 4.78 is 0. The van der Waals surface area contributed by atoms with Crippen molar-refractivity contribution in [2.75, 3.05) is 6.54 Å². The fourth-order valence-electron chi connectivity index (χ4n) is 2.94. The predicted octanol–water partition coefficient (Wildman–Crippen LogP) is 0.492. The summed E-state index contributed by atoms with van der Waals surface area (Å²) in [4.78, 5) is 35.4. The second-order valence-electron chi connectivity index (χ2n) is 4.98. The standard InChI is InChI=1S/C13H18N2O4/c1-3-9-10-6-8(4-5-14-7(2)16)11(13(18)19)15(10)12(9)17/h9-10H,3-6H2,1-2H3,(H,14,16)(H,18,19). The molecule has 2 heterocycles. The normalized spacial score (nSPS) is 25.2. The van der Waals surface area contributed by atoms with Crippen molar-refractivity contribution < 1.29 is 19.5 Å². The molecule has 104 valence electrons. The first-order valence-electron chi connectivity index (χ1n) is 6.50. The number of hydrogen-bond acceptors (Lipinski definition) is 3. The number of nitrogens with one attached hydrogen (secondary N) is 1. The number of carbonyl (C=O) groups excluding carboxylic acids is 2. The molecule has 0 spiro atoms. The molecule has 2 rings (SSSR count). The van der Waals surface area contributed by atoms with Crippen LogP contribution in [0.3, 0.4) is 0 Å². The van der Waals surface area contributed by atoms with Gasteiger partial charge in [0.25, 0.3) is 0 Å². The lowest BCUT2D eigenvalue weighted by Crippen LogP contribution is -2.58. The first-order chi connectivity index (χ1) is 8.97. The molecule has 0 aromatic heterocycles. The van der Waals surface area contributed by atoms with Gasteiger partial charge < -0.3 is 15.3 Å². The van der Waals surface area contributed by atoms with Gasteiger partial charge in [-0.2, -0.15) is 0 Å². The molecule has 1 saturated heterocycles. The molecule has 2 atom stereocenters. The van der Waals surface area contributed by atoms with Crippen molar-refractivity contribution in [2.24, 2.45) is 5.92 Å². The van der Waals surface area contributed by atoms with E-state index in [-0.39, 0.29) is 29.5 Å². The smallest absolute Gasteiger partial charge is 0.352 e. The van der Waals surface area contributed by atoms with E-state index in [2.05, 4.69) is 5.32 Å². The Balaban J connectivity index is 2.11. The van der Waals surface area contributed by atoms with Crippen molar-refractivity contribution in [1.82, 2.24) is 10.2 Å². The van der Waals surface area contributed by atoms with Crippen molar-refractivity contribution in [2.45, 2.75) is 39.2 Å². The van der Waals surface area contributed by atoms with E-state index in [9.17, 15) is 19.5 Å². The average Bonchev–Trinajstić information content (AvgIpc) is 2.65. The molecule has 6 nitrogen and oxygen atoms in total. The number of carboxylic acids is 1. The molecule has 6 heteroatoms. The van der Waals surface area contributed by atoms with Crippen molar-refractivity contribution in [1.29, 1.82) is 0 Å². The Morgan fingerprint density at radius 3 is 2.68 bits per heavy atom. The molecule has 0 saturated carbocycles. The van der Waals surface area contributed by atoms with Gasteiger partial charge in [0.05, 0.1) is 12.0 Å². The minimum Gasteiger partial charge on any atom is -0.477 e. The van der Waals surface area contributed by atoms with Gasteiger partial charge in [0, 0.05) is 13.5 Å². The van der Waals surface area contributed by atoms with Crippen LogP contribution in [0.25, 0.3) is 0 Å². The van der Waals surface area contributed by atoms with Crippen LogP contribution in [0, 0.1) is 5.92 Å². The number of hydrogen-bond donors (Lipinski definition) is 2. The summed E-state index contributed by atoms with van der Waals surface area (Å²) >= 11 is 0. The molecular weight excluding hydrogens is 248 g/mol. The minimum absolute atomic E-state index is 0.0101. The molecule has 2 N–H and O–H groups in total. The van der Waals surface area contributed by atoms with Crippen LogP contribution in [-0.4, -0.2) is 40.4 Å². The molecule has 0 radical (unpaired) electrons. The molecule has 19 heavy (non-hydrogen) atoms. The van der Waals surface area contributed by atoms with Crippen LogP contribution in [0.5, 0.6) is 0 Å². The summed E-state index contributed by atoms with van der Waals surface area (Å²) in [5, 5.41) is 11.9. The SMILES string of the molecule is CCC1C(=O)N2C(C(=O)O)=C(CCNC(C)=O)CC12. The van der Waals surface area contributed by atoms with Crippen molar-refractivity contribution >= 4 is 17.8 Å². The van der Waals surface area contributed by atoms with E-state index in [4.69, 9.17) is 0 Å². The number of nitrogens with zero attached hydrogens (tertiary/aromatic N) is 1. The molecule has 2 unspecified atom stereocenters. The average molecular weight is 266 g/mol. The second-order valence-corrected chi connectivity index (χ2v) is 4.98.